The first-order valence-corrected chi connectivity index (χ1v) is 7.52. The number of amides is 2. The molecular formula is C16H14Cl2N2O4. The molecule has 24 heavy (non-hydrogen) atoms. The van der Waals surface area contributed by atoms with Crippen LogP contribution < -0.4 is 20.5 Å². The standard InChI is InChI=1S/C16H14Cl2N2O4/c1-23-14-4-2-9(16(19)22)6-12(14)20-15(21)8-24-13-5-3-10(17)7-11(13)18/h2-7H,8H2,1H3,(H2,19,22)(H,20,21). The van der Waals surface area contributed by atoms with Gasteiger partial charge in [-0.15, -0.1) is 0 Å². The van der Waals surface area contributed by atoms with E-state index in [2.05, 4.69) is 5.32 Å². The quantitative estimate of drug-likeness (QED) is 0.819. The summed E-state index contributed by atoms with van der Waals surface area (Å²) in [4.78, 5) is 23.3. The highest BCUT2D eigenvalue weighted by Gasteiger charge is 2.12. The minimum absolute atomic E-state index is 0.243. The predicted octanol–water partition coefficient (Wildman–Crippen LogP) is 3.12. The lowest BCUT2D eigenvalue weighted by atomic mass is 10.1. The van der Waals surface area contributed by atoms with E-state index < -0.39 is 11.8 Å². The minimum Gasteiger partial charge on any atom is -0.495 e. The van der Waals surface area contributed by atoms with Crippen molar-refractivity contribution in [2.45, 2.75) is 0 Å². The largest absolute Gasteiger partial charge is 0.495 e. The number of nitrogens with one attached hydrogen (secondary N) is 1. The summed E-state index contributed by atoms with van der Waals surface area (Å²) in [5.74, 6) is -0.356. The number of carbonyl (C=O) groups excluding carboxylic acids is 2. The summed E-state index contributed by atoms with van der Waals surface area (Å²) in [6.07, 6.45) is 0. The normalized spacial score (nSPS) is 10.1. The van der Waals surface area contributed by atoms with Gasteiger partial charge >= 0.3 is 0 Å². The predicted molar refractivity (Wildman–Crippen MR) is 92.1 cm³/mol. The molecule has 126 valence electrons. The molecule has 2 amide bonds. The van der Waals surface area contributed by atoms with E-state index >= 15 is 0 Å². The Kier molecular flexibility index (Phi) is 5.89. The third-order valence-electron chi connectivity index (χ3n) is 3.01. The van der Waals surface area contributed by atoms with Crippen LogP contribution in [0.3, 0.4) is 0 Å². The number of primary amides is 1. The van der Waals surface area contributed by atoms with Crippen molar-refractivity contribution in [1.82, 2.24) is 0 Å². The van der Waals surface area contributed by atoms with E-state index in [-0.39, 0.29) is 12.2 Å². The summed E-state index contributed by atoms with van der Waals surface area (Å²) < 4.78 is 10.5. The molecule has 6 nitrogen and oxygen atoms in total. The molecule has 3 N–H and O–H groups in total. The molecule has 0 radical (unpaired) electrons. The minimum atomic E-state index is -0.614. The topological polar surface area (TPSA) is 90.6 Å². The number of hydrogen-bond acceptors (Lipinski definition) is 4. The smallest absolute Gasteiger partial charge is 0.262 e. The van der Waals surface area contributed by atoms with Crippen LogP contribution in [0.2, 0.25) is 10.0 Å². The molecule has 0 aromatic heterocycles. The number of halogens is 2. The lowest BCUT2D eigenvalue weighted by Crippen LogP contribution is -2.21. The molecule has 2 rings (SSSR count). The van der Waals surface area contributed by atoms with Gasteiger partial charge in [0.05, 0.1) is 17.8 Å². The Morgan fingerprint density at radius 1 is 1.12 bits per heavy atom. The van der Waals surface area contributed by atoms with Crippen molar-refractivity contribution >= 4 is 40.7 Å². The van der Waals surface area contributed by atoms with Crippen LogP contribution in [0.4, 0.5) is 5.69 Å². The van der Waals surface area contributed by atoms with Crippen molar-refractivity contribution in [3.05, 3.63) is 52.0 Å². The van der Waals surface area contributed by atoms with Crippen LogP contribution in [-0.2, 0) is 4.79 Å². The van der Waals surface area contributed by atoms with Gasteiger partial charge in [-0.05, 0) is 36.4 Å². The fraction of sp³-hybridized carbons (Fsp3) is 0.125. The third-order valence-corrected chi connectivity index (χ3v) is 3.54. The summed E-state index contributed by atoms with van der Waals surface area (Å²) in [6.45, 7) is -0.286. The molecule has 0 fully saturated rings. The van der Waals surface area contributed by atoms with Gasteiger partial charge in [-0.25, -0.2) is 0 Å². The number of anilines is 1. The van der Waals surface area contributed by atoms with E-state index in [9.17, 15) is 9.59 Å². The molecule has 2 aromatic carbocycles. The summed E-state index contributed by atoms with van der Waals surface area (Å²) in [6, 6.07) is 9.13. The molecule has 0 saturated carbocycles. The lowest BCUT2D eigenvalue weighted by molar-refractivity contribution is -0.118. The molecular weight excluding hydrogens is 355 g/mol. The van der Waals surface area contributed by atoms with Gasteiger partial charge in [0.15, 0.2) is 6.61 Å². The maximum atomic E-state index is 12.0. The van der Waals surface area contributed by atoms with Crippen LogP contribution in [0.15, 0.2) is 36.4 Å². The number of rotatable bonds is 6. The molecule has 0 aliphatic rings. The second-order valence-electron chi connectivity index (χ2n) is 4.69. The van der Waals surface area contributed by atoms with Crippen LogP contribution in [0.5, 0.6) is 11.5 Å². The Bertz CT molecular complexity index is 781. The van der Waals surface area contributed by atoms with Gasteiger partial charge < -0.3 is 20.5 Å². The average molecular weight is 369 g/mol. The first-order valence-electron chi connectivity index (χ1n) is 6.76. The van der Waals surface area contributed by atoms with Crippen molar-refractivity contribution in [3.8, 4) is 11.5 Å². The Morgan fingerprint density at radius 3 is 2.46 bits per heavy atom. The van der Waals surface area contributed by atoms with E-state index in [0.717, 1.165) is 0 Å². The molecule has 0 bridgehead atoms. The van der Waals surface area contributed by atoms with Gasteiger partial charge in [-0.1, -0.05) is 23.2 Å². The number of benzene rings is 2. The van der Waals surface area contributed by atoms with Crippen molar-refractivity contribution in [2.75, 3.05) is 19.0 Å². The molecule has 0 saturated heterocycles. The molecule has 0 heterocycles. The summed E-state index contributed by atoms with van der Waals surface area (Å²) in [5, 5.41) is 3.35. The first-order chi connectivity index (χ1) is 11.4. The monoisotopic (exact) mass is 368 g/mol. The highest BCUT2D eigenvalue weighted by Crippen LogP contribution is 2.28. The molecule has 0 aliphatic heterocycles. The van der Waals surface area contributed by atoms with Crippen molar-refractivity contribution in [2.24, 2.45) is 5.73 Å². The summed E-state index contributed by atoms with van der Waals surface area (Å²) in [5.41, 5.74) is 5.78. The Morgan fingerprint density at radius 2 is 1.83 bits per heavy atom. The fourth-order valence-corrected chi connectivity index (χ4v) is 2.34. The molecule has 8 heteroatoms. The number of ether oxygens (including phenoxy) is 2. The summed E-state index contributed by atoms with van der Waals surface area (Å²) in [7, 11) is 1.44. The highest BCUT2D eigenvalue weighted by atomic mass is 35.5. The molecule has 0 aliphatic carbocycles. The highest BCUT2D eigenvalue weighted by molar-refractivity contribution is 6.35. The Balaban J connectivity index is 2.06. The van der Waals surface area contributed by atoms with Gasteiger partial charge in [0.25, 0.3) is 5.91 Å². The van der Waals surface area contributed by atoms with Gasteiger partial charge in [-0.3, -0.25) is 9.59 Å². The maximum Gasteiger partial charge on any atom is 0.262 e. The molecule has 2 aromatic rings. The zero-order chi connectivity index (χ0) is 17.7. The van der Waals surface area contributed by atoms with E-state index in [1.807, 2.05) is 0 Å². The lowest BCUT2D eigenvalue weighted by Gasteiger charge is -2.12. The van der Waals surface area contributed by atoms with Crippen LogP contribution >= 0.6 is 23.2 Å². The third kappa shape index (κ3) is 4.53. The zero-order valence-corrected chi connectivity index (χ0v) is 14.1. The number of methoxy groups -OCH3 is 1. The Hall–Kier alpha value is -2.44. The summed E-state index contributed by atoms with van der Waals surface area (Å²) >= 11 is 11.8. The van der Waals surface area contributed by atoms with Crippen LogP contribution in [-0.4, -0.2) is 25.5 Å². The van der Waals surface area contributed by atoms with Gasteiger partial charge in [0.2, 0.25) is 5.91 Å². The average Bonchev–Trinajstić information content (AvgIpc) is 2.53. The molecule has 0 spiro atoms. The number of carbonyl (C=O) groups is 2. The molecule has 0 unspecified atom stereocenters. The SMILES string of the molecule is COc1ccc(C(N)=O)cc1NC(=O)COc1ccc(Cl)cc1Cl. The van der Waals surface area contributed by atoms with Crippen LogP contribution in [0.25, 0.3) is 0 Å². The number of hydrogen-bond donors (Lipinski definition) is 2. The van der Waals surface area contributed by atoms with Gasteiger partial charge in [0, 0.05) is 10.6 Å². The van der Waals surface area contributed by atoms with E-state index in [1.165, 1.54) is 31.4 Å². The molecule has 0 atom stereocenters. The van der Waals surface area contributed by atoms with Crippen molar-refractivity contribution < 1.29 is 19.1 Å². The van der Waals surface area contributed by atoms with Crippen molar-refractivity contribution in [1.29, 1.82) is 0 Å². The zero-order valence-electron chi connectivity index (χ0n) is 12.6. The van der Waals surface area contributed by atoms with E-state index in [0.29, 0.717) is 27.2 Å². The maximum absolute atomic E-state index is 12.0. The Labute approximate surface area is 148 Å². The second-order valence-corrected chi connectivity index (χ2v) is 5.53. The second kappa shape index (κ2) is 7.90. The van der Waals surface area contributed by atoms with Gasteiger partial charge in [-0.2, -0.15) is 0 Å². The van der Waals surface area contributed by atoms with Gasteiger partial charge in [0.1, 0.15) is 11.5 Å². The van der Waals surface area contributed by atoms with Crippen LogP contribution in [0.1, 0.15) is 10.4 Å². The first kappa shape index (κ1) is 17.9. The van der Waals surface area contributed by atoms with Crippen molar-refractivity contribution in [3.63, 3.8) is 0 Å². The van der Waals surface area contributed by atoms with E-state index in [4.69, 9.17) is 38.4 Å². The van der Waals surface area contributed by atoms with Crippen LogP contribution in [0, 0.1) is 0 Å². The fourth-order valence-electron chi connectivity index (χ4n) is 1.88. The van der Waals surface area contributed by atoms with E-state index in [1.54, 1.807) is 12.1 Å². The number of nitrogens with two attached hydrogens (primary N) is 1.